The van der Waals surface area contributed by atoms with Crippen LogP contribution in [0.15, 0.2) is 22.7 Å². The van der Waals surface area contributed by atoms with Crippen LogP contribution in [-0.2, 0) is 5.54 Å². The SMILES string of the molecule is Cc1ccnc(C(C)(C)NC(=O)c2nnc(C)o2)c1. The van der Waals surface area contributed by atoms with E-state index in [0.29, 0.717) is 5.89 Å². The van der Waals surface area contributed by atoms with Crippen LogP contribution in [0.1, 0.15) is 41.7 Å². The first kappa shape index (κ1) is 13.2. The first-order valence-electron chi connectivity index (χ1n) is 5.94. The van der Waals surface area contributed by atoms with Gasteiger partial charge >= 0.3 is 11.8 Å². The average Bonchev–Trinajstić information content (AvgIpc) is 2.75. The fraction of sp³-hybridized carbons (Fsp3) is 0.385. The summed E-state index contributed by atoms with van der Waals surface area (Å²) in [4.78, 5) is 16.3. The number of pyridine rings is 1. The van der Waals surface area contributed by atoms with E-state index < -0.39 is 11.4 Å². The largest absolute Gasteiger partial charge is 0.417 e. The van der Waals surface area contributed by atoms with Gasteiger partial charge < -0.3 is 9.73 Å². The molecule has 19 heavy (non-hydrogen) atoms. The van der Waals surface area contributed by atoms with Crippen molar-refractivity contribution >= 4 is 5.91 Å². The molecule has 0 bridgehead atoms. The van der Waals surface area contributed by atoms with Gasteiger partial charge in [0.15, 0.2) is 0 Å². The van der Waals surface area contributed by atoms with Crippen LogP contribution in [0.2, 0.25) is 0 Å². The summed E-state index contributed by atoms with van der Waals surface area (Å²) in [6.07, 6.45) is 1.72. The molecule has 0 aromatic carbocycles. The molecule has 0 radical (unpaired) electrons. The molecule has 0 aliphatic carbocycles. The van der Waals surface area contributed by atoms with Gasteiger partial charge in [0.25, 0.3) is 0 Å². The van der Waals surface area contributed by atoms with Gasteiger partial charge in [-0.2, -0.15) is 0 Å². The maximum Gasteiger partial charge on any atom is 0.309 e. The zero-order valence-corrected chi connectivity index (χ0v) is 11.4. The number of nitrogens with zero attached hydrogens (tertiary/aromatic N) is 3. The highest BCUT2D eigenvalue weighted by molar-refractivity contribution is 5.89. The summed E-state index contributed by atoms with van der Waals surface area (Å²) in [6, 6.07) is 3.84. The number of rotatable bonds is 3. The number of hydrogen-bond donors (Lipinski definition) is 1. The fourth-order valence-electron chi connectivity index (χ4n) is 1.67. The molecule has 0 saturated heterocycles. The van der Waals surface area contributed by atoms with E-state index in [1.54, 1.807) is 13.1 Å². The van der Waals surface area contributed by atoms with Crippen LogP contribution < -0.4 is 5.32 Å². The topological polar surface area (TPSA) is 80.9 Å². The Kier molecular flexibility index (Phi) is 3.33. The quantitative estimate of drug-likeness (QED) is 0.909. The molecule has 0 saturated carbocycles. The normalized spacial score (nSPS) is 11.4. The second-order valence-corrected chi connectivity index (χ2v) is 4.92. The van der Waals surface area contributed by atoms with Crippen LogP contribution in [0.3, 0.4) is 0 Å². The lowest BCUT2D eigenvalue weighted by Crippen LogP contribution is -2.41. The number of carbonyl (C=O) groups excluding carboxylic acids is 1. The van der Waals surface area contributed by atoms with E-state index >= 15 is 0 Å². The van der Waals surface area contributed by atoms with Gasteiger partial charge in [-0.3, -0.25) is 9.78 Å². The van der Waals surface area contributed by atoms with Crippen LogP contribution >= 0.6 is 0 Å². The smallest absolute Gasteiger partial charge is 0.309 e. The zero-order chi connectivity index (χ0) is 14.0. The molecule has 1 amide bonds. The van der Waals surface area contributed by atoms with Gasteiger partial charge in [-0.05, 0) is 38.5 Å². The van der Waals surface area contributed by atoms with Gasteiger partial charge in [0.1, 0.15) is 0 Å². The maximum atomic E-state index is 12.0. The predicted octanol–water partition coefficient (Wildman–Crippen LogP) is 1.75. The van der Waals surface area contributed by atoms with Crippen LogP contribution in [-0.4, -0.2) is 21.1 Å². The van der Waals surface area contributed by atoms with Crippen molar-refractivity contribution in [2.45, 2.75) is 33.2 Å². The molecule has 100 valence electrons. The Morgan fingerprint density at radius 3 is 2.63 bits per heavy atom. The number of hydrogen-bond acceptors (Lipinski definition) is 5. The van der Waals surface area contributed by atoms with Crippen molar-refractivity contribution in [2.24, 2.45) is 0 Å². The third kappa shape index (κ3) is 2.96. The van der Waals surface area contributed by atoms with E-state index in [9.17, 15) is 4.79 Å². The van der Waals surface area contributed by atoms with Gasteiger partial charge in [0, 0.05) is 13.1 Å². The van der Waals surface area contributed by atoms with E-state index in [2.05, 4.69) is 20.5 Å². The summed E-state index contributed by atoms with van der Waals surface area (Å²) >= 11 is 0. The van der Waals surface area contributed by atoms with Crippen molar-refractivity contribution < 1.29 is 9.21 Å². The van der Waals surface area contributed by atoms with Gasteiger partial charge in [-0.1, -0.05) is 0 Å². The van der Waals surface area contributed by atoms with Gasteiger partial charge in [-0.15, -0.1) is 10.2 Å². The molecule has 6 nitrogen and oxygen atoms in total. The Morgan fingerprint density at radius 2 is 2.05 bits per heavy atom. The van der Waals surface area contributed by atoms with E-state index in [1.807, 2.05) is 32.9 Å². The summed E-state index contributed by atoms with van der Waals surface area (Å²) in [7, 11) is 0. The molecule has 0 aliphatic heterocycles. The minimum absolute atomic E-state index is 0.0433. The van der Waals surface area contributed by atoms with Gasteiger partial charge in [-0.25, -0.2) is 0 Å². The van der Waals surface area contributed by atoms with E-state index in [0.717, 1.165) is 11.3 Å². The zero-order valence-electron chi connectivity index (χ0n) is 11.4. The third-order valence-electron chi connectivity index (χ3n) is 2.70. The number of aromatic nitrogens is 3. The Morgan fingerprint density at radius 1 is 1.32 bits per heavy atom. The van der Waals surface area contributed by atoms with Crippen LogP contribution in [0.25, 0.3) is 0 Å². The first-order valence-corrected chi connectivity index (χ1v) is 5.94. The minimum atomic E-state index is -0.620. The second-order valence-electron chi connectivity index (χ2n) is 4.92. The van der Waals surface area contributed by atoms with Crippen LogP contribution in [0.4, 0.5) is 0 Å². The highest BCUT2D eigenvalue weighted by atomic mass is 16.4. The number of amides is 1. The van der Waals surface area contributed by atoms with Crippen molar-refractivity contribution in [2.75, 3.05) is 0 Å². The minimum Gasteiger partial charge on any atom is -0.417 e. The Balaban J connectivity index is 2.19. The van der Waals surface area contributed by atoms with Gasteiger partial charge in [0.2, 0.25) is 5.89 Å². The molecule has 0 aliphatic rings. The van der Waals surface area contributed by atoms with Crippen molar-refractivity contribution in [3.05, 3.63) is 41.4 Å². The Hall–Kier alpha value is -2.24. The molecule has 1 N–H and O–H groups in total. The predicted molar refractivity (Wildman–Crippen MR) is 68.5 cm³/mol. The van der Waals surface area contributed by atoms with E-state index in [1.165, 1.54) is 0 Å². The molecule has 0 spiro atoms. The van der Waals surface area contributed by atoms with Gasteiger partial charge in [0.05, 0.1) is 11.2 Å². The summed E-state index contributed by atoms with van der Waals surface area (Å²) < 4.78 is 5.10. The number of nitrogens with one attached hydrogen (secondary N) is 1. The standard InChI is InChI=1S/C13H16N4O2/c1-8-5-6-14-10(7-8)13(3,4)15-11(18)12-17-16-9(2)19-12/h5-7H,1-4H3,(H,15,18). The fourth-order valence-corrected chi connectivity index (χ4v) is 1.67. The molecular formula is C13H16N4O2. The molecule has 0 fully saturated rings. The van der Waals surface area contributed by atoms with Crippen molar-refractivity contribution in [3.63, 3.8) is 0 Å². The highest BCUT2D eigenvalue weighted by Crippen LogP contribution is 2.19. The molecule has 2 aromatic rings. The van der Waals surface area contributed by atoms with E-state index in [-0.39, 0.29) is 5.89 Å². The Labute approximate surface area is 111 Å². The summed E-state index contributed by atoms with van der Waals surface area (Å²) in [5, 5.41) is 10.2. The molecule has 0 unspecified atom stereocenters. The summed E-state index contributed by atoms with van der Waals surface area (Å²) in [5.74, 6) is -0.0937. The van der Waals surface area contributed by atoms with Crippen LogP contribution in [0, 0.1) is 13.8 Å². The first-order chi connectivity index (χ1) is 8.88. The monoisotopic (exact) mass is 260 g/mol. The number of carbonyl (C=O) groups is 1. The van der Waals surface area contributed by atoms with Crippen molar-refractivity contribution in [1.82, 2.24) is 20.5 Å². The summed E-state index contributed by atoms with van der Waals surface area (Å²) in [5.41, 5.74) is 1.24. The molecular weight excluding hydrogens is 244 g/mol. The summed E-state index contributed by atoms with van der Waals surface area (Å²) in [6.45, 7) is 7.35. The molecule has 0 atom stereocenters. The lowest BCUT2D eigenvalue weighted by molar-refractivity contribution is 0.0873. The lowest BCUT2D eigenvalue weighted by atomic mass is 9.98. The lowest BCUT2D eigenvalue weighted by Gasteiger charge is -2.25. The third-order valence-corrected chi connectivity index (χ3v) is 2.70. The van der Waals surface area contributed by atoms with E-state index in [4.69, 9.17) is 4.42 Å². The molecule has 2 rings (SSSR count). The van der Waals surface area contributed by atoms with Crippen molar-refractivity contribution in [1.29, 1.82) is 0 Å². The average molecular weight is 260 g/mol. The highest BCUT2D eigenvalue weighted by Gasteiger charge is 2.27. The molecule has 2 heterocycles. The Bertz CT molecular complexity index is 604. The van der Waals surface area contributed by atoms with Crippen LogP contribution in [0.5, 0.6) is 0 Å². The van der Waals surface area contributed by atoms with Crippen molar-refractivity contribution in [3.8, 4) is 0 Å². The molecule has 6 heteroatoms. The second kappa shape index (κ2) is 4.79. The maximum absolute atomic E-state index is 12.0. The number of aryl methyl sites for hydroxylation is 2. The molecule has 2 aromatic heterocycles.